The van der Waals surface area contributed by atoms with Crippen molar-refractivity contribution < 1.29 is 14.3 Å². The van der Waals surface area contributed by atoms with Gasteiger partial charge in [-0.3, -0.25) is 14.9 Å². The van der Waals surface area contributed by atoms with Crippen LogP contribution in [0.25, 0.3) is 0 Å². The van der Waals surface area contributed by atoms with Gasteiger partial charge in [0.1, 0.15) is 5.75 Å². The highest BCUT2D eigenvalue weighted by atomic mass is 79.9. The van der Waals surface area contributed by atoms with Crippen molar-refractivity contribution in [2.45, 2.75) is 46.6 Å². The van der Waals surface area contributed by atoms with E-state index in [4.69, 9.17) is 17.0 Å². The largest absolute Gasteiger partial charge is 0.492 e. The van der Waals surface area contributed by atoms with Crippen LogP contribution in [0.2, 0.25) is 0 Å². The molecule has 3 N–H and O–H groups in total. The zero-order valence-corrected chi connectivity index (χ0v) is 21.2. The third-order valence-electron chi connectivity index (χ3n) is 4.77. The van der Waals surface area contributed by atoms with Gasteiger partial charge in [-0.05, 0) is 96.3 Å². The third-order valence-corrected chi connectivity index (χ3v) is 5.59. The van der Waals surface area contributed by atoms with E-state index in [2.05, 4.69) is 45.7 Å². The van der Waals surface area contributed by atoms with Crippen LogP contribution < -0.4 is 20.7 Å². The molecule has 0 fully saturated rings. The number of hydrogen-bond donors (Lipinski definition) is 3. The lowest BCUT2D eigenvalue weighted by atomic mass is 10.1. The van der Waals surface area contributed by atoms with Gasteiger partial charge in [-0.15, -0.1) is 0 Å². The Hall–Kier alpha value is -2.45. The van der Waals surface area contributed by atoms with Crippen molar-refractivity contribution in [1.82, 2.24) is 10.6 Å². The van der Waals surface area contributed by atoms with Gasteiger partial charge in [-0.2, -0.15) is 0 Å². The van der Waals surface area contributed by atoms with Crippen LogP contribution in [0.3, 0.4) is 0 Å². The second-order valence-corrected chi connectivity index (χ2v) is 9.21. The molecule has 8 heteroatoms. The maximum absolute atomic E-state index is 12.5. The average molecular weight is 520 g/mol. The van der Waals surface area contributed by atoms with E-state index in [1.54, 1.807) is 42.5 Å². The molecule has 0 heterocycles. The van der Waals surface area contributed by atoms with Crippen LogP contribution in [-0.4, -0.2) is 29.6 Å². The van der Waals surface area contributed by atoms with E-state index in [0.717, 1.165) is 12.8 Å². The molecular weight excluding hydrogens is 490 g/mol. The van der Waals surface area contributed by atoms with Gasteiger partial charge in [0, 0.05) is 22.9 Å². The summed E-state index contributed by atoms with van der Waals surface area (Å²) in [7, 11) is 0. The van der Waals surface area contributed by atoms with E-state index in [9.17, 15) is 9.59 Å². The Bertz CT molecular complexity index is 948. The second kappa shape index (κ2) is 12.6. The van der Waals surface area contributed by atoms with Crippen LogP contribution in [0.15, 0.2) is 46.9 Å². The minimum absolute atomic E-state index is 0.115. The van der Waals surface area contributed by atoms with Crippen LogP contribution >= 0.6 is 28.1 Å². The molecule has 0 saturated carbocycles. The molecule has 0 saturated heterocycles. The zero-order valence-electron chi connectivity index (χ0n) is 18.8. The summed E-state index contributed by atoms with van der Waals surface area (Å²) in [5.41, 5.74) is 1.69. The third kappa shape index (κ3) is 8.24. The fraction of sp³-hybridized carbons (Fsp3) is 0.375. The monoisotopic (exact) mass is 519 g/mol. The van der Waals surface area contributed by atoms with Crippen molar-refractivity contribution in [3.05, 3.63) is 58.1 Å². The summed E-state index contributed by atoms with van der Waals surface area (Å²) in [6.45, 7) is 8.88. The number of carbonyl (C=O) groups excluding carboxylic acids is 2. The van der Waals surface area contributed by atoms with Gasteiger partial charge >= 0.3 is 0 Å². The average Bonchev–Trinajstić information content (AvgIpc) is 2.74. The van der Waals surface area contributed by atoms with E-state index >= 15 is 0 Å². The molecule has 0 aromatic heterocycles. The van der Waals surface area contributed by atoms with E-state index in [1.165, 1.54) is 0 Å². The molecule has 0 spiro atoms. The predicted molar refractivity (Wildman–Crippen MR) is 136 cm³/mol. The molecule has 2 rings (SSSR count). The Morgan fingerprint density at radius 1 is 1.03 bits per heavy atom. The first-order valence-electron chi connectivity index (χ1n) is 10.6. The van der Waals surface area contributed by atoms with Gasteiger partial charge in [0.05, 0.1) is 11.1 Å². The van der Waals surface area contributed by atoms with Crippen molar-refractivity contribution in [3.8, 4) is 5.75 Å². The van der Waals surface area contributed by atoms with E-state index in [-0.39, 0.29) is 23.0 Å². The summed E-state index contributed by atoms with van der Waals surface area (Å²) in [4.78, 5) is 24.7. The molecule has 1 atom stereocenters. The van der Waals surface area contributed by atoms with Crippen LogP contribution in [0, 0.1) is 5.92 Å². The minimum Gasteiger partial charge on any atom is -0.492 e. The van der Waals surface area contributed by atoms with Crippen LogP contribution in [0.4, 0.5) is 5.69 Å². The molecule has 2 amide bonds. The number of carbonyl (C=O) groups is 2. The molecule has 172 valence electrons. The number of anilines is 1. The molecule has 1 unspecified atom stereocenters. The van der Waals surface area contributed by atoms with Crippen molar-refractivity contribution in [3.63, 3.8) is 0 Å². The quantitative estimate of drug-likeness (QED) is 0.379. The lowest BCUT2D eigenvalue weighted by molar-refractivity contribution is 0.0937. The summed E-state index contributed by atoms with van der Waals surface area (Å²) >= 11 is 8.71. The number of nitrogens with one attached hydrogen (secondary N) is 3. The van der Waals surface area contributed by atoms with Crippen molar-refractivity contribution in [2.75, 3.05) is 11.9 Å². The summed E-state index contributed by atoms with van der Waals surface area (Å²) in [6, 6.07) is 12.2. The molecule has 0 bridgehead atoms. The highest BCUT2D eigenvalue weighted by Gasteiger charge is 2.12. The maximum atomic E-state index is 12.5. The molecule has 2 aromatic carbocycles. The fourth-order valence-corrected chi connectivity index (χ4v) is 3.32. The summed E-state index contributed by atoms with van der Waals surface area (Å²) in [6.07, 6.45) is 1.82. The number of rotatable bonds is 9. The first-order chi connectivity index (χ1) is 15.2. The van der Waals surface area contributed by atoms with Crippen LogP contribution in [0.5, 0.6) is 5.75 Å². The fourth-order valence-electron chi connectivity index (χ4n) is 2.62. The molecule has 0 aliphatic carbocycles. The topological polar surface area (TPSA) is 79.5 Å². The van der Waals surface area contributed by atoms with E-state index < -0.39 is 0 Å². The highest BCUT2D eigenvalue weighted by molar-refractivity contribution is 9.10. The Kier molecular flexibility index (Phi) is 10.1. The molecule has 2 aromatic rings. The van der Waals surface area contributed by atoms with Gasteiger partial charge in [0.25, 0.3) is 11.8 Å². The van der Waals surface area contributed by atoms with Gasteiger partial charge in [0.2, 0.25) is 0 Å². The number of ether oxygens (including phenoxy) is 1. The summed E-state index contributed by atoms with van der Waals surface area (Å²) in [5, 5.41) is 8.70. The lowest BCUT2D eigenvalue weighted by Crippen LogP contribution is -2.34. The van der Waals surface area contributed by atoms with Crippen molar-refractivity contribution in [1.29, 1.82) is 0 Å². The number of hydrogen-bond acceptors (Lipinski definition) is 4. The number of thiocarbonyl (C=S) groups is 1. The van der Waals surface area contributed by atoms with Crippen molar-refractivity contribution in [2.24, 2.45) is 5.92 Å². The standard InChI is InChI=1S/C24H30BrN3O3S/c1-5-16(4)26-22(29)17-6-9-19(10-7-17)27-24(32)28-23(30)18-8-11-21(20(25)14-18)31-13-12-15(2)3/h6-11,14-16H,5,12-13H2,1-4H3,(H,26,29)(H2,27,28,30,32). The second-order valence-electron chi connectivity index (χ2n) is 7.94. The highest BCUT2D eigenvalue weighted by Crippen LogP contribution is 2.26. The van der Waals surface area contributed by atoms with Gasteiger partial charge in [-0.25, -0.2) is 0 Å². The molecule has 6 nitrogen and oxygen atoms in total. The first kappa shape index (κ1) is 25.8. The Balaban J connectivity index is 1.90. The van der Waals surface area contributed by atoms with Crippen LogP contribution in [-0.2, 0) is 0 Å². The number of halogens is 1. The zero-order chi connectivity index (χ0) is 23.7. The smallest absolute Gasteiger partial charge is 0.257 e. The van der Waals surface area contributed by atoms with E-state index in [0.29, 0.717) is 39.6 Å². The minimum atomic E-state index is -0.332. The summed E-state index contributed by atoms with van der Waals surface area (Å²) in [5.74, 6) is 0.802. The van der Waals surface area contributed by atoms with Gasteiger partial charge in [-0.1, -0.05) is 20.8 Å². The summed E-state index contributed by atoms with van der Waals surface area (Å²) < 4.78 is 6.46. The molecule has 0 aliphatic rings. The SMILES string of the molecule is CCC(C)NC(=O)c1ccc(NC(=S)NC(=O)c2ccc(OCCC(C)C)c(Br)c2)cc1. The Morgan fingerprint density at radius 3 is 2.28 bits per heavy atom. The predicted octanol–water partition coefficient (Wildman–Crippen LogP) is 5.53. The first-order valence-corrected chi connectivity index (χ1v) is 11.8. The number of benzene rings is 2. The lowest BCUT2D eigenvalue weighted by Gasteiger charge is -2.13. The van der Waals surface area contributed by atoms with Gasteiger partial charge in [0.15, 0.2) is 5.11 Å². The van der Waals surface area contributed by atoms with Gasteiger partial charge < -0.3 is 15.4 Å². The molecule has 32 heavy (non-hydrogen) atoms. The van der Waals surface area contributed by atoms with Crippen molar-refractivity contribution >= 4 is 50.8 Å². The number of amides is 2. The molecule has 0 aliphatic heterocycles. The van der Waals surface area contributed by atoms with Crippen LogP contribution in [0.1, 0.15) is 61.3 Å². The van der Waals surface area contributed by atoms with E-state index in [1.807, 2.05) is 13.8 Å². The maximum Gasteiger partial charge on any atom is 0.257 e. The molecular formula is C24H30BrN3O3S. The normalized spacial score (nSPS) is 11.6. The molecule has 0 radical (unpaired) electrons. The Labute approximate surface area is 203 Å². The Morgan fingerprint density at radius 2 is 1.69 bits per heavy atom.